The number of ether oxygens (including phenoxy) is 2. The van der Waals surface area contributed by atoms with E-state index in [-0.39, 0.29) is 24.0 Å². The Morgan fingerprint density at radius 3 is 2.07 bits per heavy atom. The summed E-state index contributed by atoms with van der Waals surface area (Å²) in [5.74, 6) is 1.25. The minimum absolute atomic E-state index is 0.0184. The van der Waals surface area contributed by atoms with Gasteiger partial charge in [-0.25, -0.2) is 0 Å². The lowest BCUT2D eigenvalue weighted by molar-refractivity contribution is -0.123. The second-order valence-corrected chi connectivity index (χ2v) is 8.12. The average Bonchev–Trinajstić information content (AvgIpc) is 2.66. The van der Waals surface area contributed by atoms with Gasteiger partial charge in [-0.1, -0.05) is 45.0 Å². The molecule has 2 rings (SSSR count). The van der Waals surface area contributed by atoms with Crippen LogP contribution in [0.3, 0.4) is 0 Å². The summed E-state index contributed by atoms with van der Waals surface area (Å²) in [5.41, 5.74) is 2.60. The van der Waals surface area contributed by atoms with Crippen molar-refractivity contribution in [3.05, 3.63) is 59.7 Å². The highest BCUT2D eigenvalue weighted by Gasteiger charge is 2.18. The quantitative estimate of drug-likeness (QED) is 0.752. The van der Waals surface area contributed by atoms with Crippen molar-refractivity contribution in [2.45, 2.75) is 32.2 Å². The van der Waals surface area contributed by atoms with Gasteiger partial charge in [-0.05, 0) is 54.9 Å². The van der Waals surface area contributed by atoms with Gasteiger partial charge in [-0.15, -0.1) is 0 Å². The molecule has 0 aromatic heterocycles. The van der Waals surface area contributed by atoms with Crippen molar-refractivity contribution in [1.82, 2.24) is 10.2 Å². The SMILES string of the molecule is COc1ccc(OCC(=O)NCC(c2ccc(C(C)(C)C)cc2)N(C)C)cc1. The summed E-state index contributed by atoms with van der Waals surface area (Å²) in [6, 6.07) is 15.9. The summed E-state index contributed by atoms with van der Waals surface area (Å²) in [4.78, 5) is 14.3. The first-order chi connectivity index (χ1) is 13.2. The first kappa shape index (κ1) is 21.8. The first-order valence-corrected chi connectivity index (χ1v) is 9.51. The van der Waals surface area contributed by atoms with Gasteiger partial charge in [0.25, 0.3) is 5.91 Å². The molecule has 0 fully saturated rings. The van der Waals surface area contributed by atoms with Crippen molar-refractivity contribution in [1.29, 1.82) is 0 Å². The van der Waals surface area contributed by atoms with E-state index < -0.39 is 0 Å². The molecule has 0 radical (unpaired) electrons. The number of benzene rings is 2. The number of rotatable bonds is 8. The third-order valence-corrected chi connectivity index (χ3v) is 4.71. The number of methoxy groups -OCH3 is 1. The minimum Gasteiger partial charge on any atom is -0.497 e. The second kappa shape index (κ2) is 9.60. The number of nitrogens with zero attached hydrogens (tertiary/aromatic N) is 1. The molecule has 0 saturated carbocycles. The molecule has 0 saturated heterocycles. The van der Waals surface area contributed by atoms with Crippen molar-refractivity contribution >= 4 is 5.91 Å². The number of hydrogen-bond acceptors (Lipinski definition) is 4. The van der Waals surface area contributed by atoms with Crippen LogP contribution >= 0.6 is 0 Å². The standard InChI is InChI=1S/C23H32N2O3/c1-23(2,3)18-9-7-17(8-10-18)21(25(4)5)15-24-22(26)16-28-20-13-11-19(27-6)12-14-20/h7-14,21H,15-16H2,1-6H3,(H,24,26). The summed E-state index contributed by atoms with van der Waals surface area (Å²) in [6.45, 7) is 7.11. The molecular formula is C23H32N2O3. The monoisotopic (exact) mass is 384 g/mol. The van der Waals surface area contributed by atoms with Gasteiger partial charge >= 0.3 is 0 Å². The van der Waals surface area contributed by atoms with E-state index in [9.17, 15) is 4.79 Å². The van der Waals surface area contributed by atoms with E-state index in [2.05, 4.69) is 55.3 Å². The minimum atomic E-state index is -0.144. The van der Waals surface area contributed by atoms with Crippen LogP contribution in [-0.2, 0) is 10.2 Å². The summed E-state index contributed by atoms with van der Waals surface area (Å²) in [5, 5.41) is 2.97. The number of carbonyl (C=O) groups is 1. The van der Waals surface area contributed by atoms with E-state index in [4.69, 9.17) is 9.47 Å². The third-order valence-electron chi connectivity index (χ3n) is 4.71. The van der Waals surface area contributed by atoms with Crippen molar-refractivity contribution in [2.24, 2.45) is 0 Å². The molecule has 0 aliphatic heterocycles. The Morgan fingerprint density at radius 2 is 1.57 bits per heavy atom. The van der Waals surface area contributed by atoms with Gasteiger partial charge in [0.1, 0.15) is 11.5 Å². The molecule has 28 heavy (non-hydrogen) atoms. The van der Waals surface area contributed by atoms with Crippen LogP contribution in [0.5, 0.6) is 11.5 Å². The zero-order valence-electron chi connectivity index (χ0n) is 17.8. The number of nitrogens with one attached hydrogen (secondary N) is 1. The molecule has 2 aromatic carbocycles. The molecule has 1 unspecified atom stereocenters. The number of likely N-dealkylation sites (N-methyl/N-ethyl adjacent to an activating group) is 1. The zero-order chi connectivity index (χ0) is 20.7. The highest BCUT2D eigenvalue weighted by atomic mass is 16.5. The molecule has 5 nitrogen and oxygen atoms in total. The molecule has 0 bridgehead atoms. The largest absolute Gasteiger partial charge is 0.497 e. The fraction of sp³-hybridized carbons (Fsp3) is 0.435. The van der Waals surface area contributed by atoms with Crippen LogP contribution in [0.2, 0.25) is 0 Å². The lowest BCUT2D eigenvalue weighted by Gasteiger charge is -2.26. The molecule has 152 valence electrons. The van der Waals surface area contributed by atoms with Crippen molar-refractivity contribution in [3.8, 4) is 11.5 Å². The number of hydrogen-bond donors (Lipinski definition) is 1. The van der Waals surface area contributed by atoms with E-state index >= 15 is 0 Å². The molecule has 0 spiro atoms. The van der Waals surface area contributed by atoms with Gasteiger partial charge in [0.15, 0.2) is 6.61 Å². The Kier molecular flexibility index (Phi) is 7.46. The van der Waals surface area contributed by atoms with Crippen molar-refractivity contribution in [2.75, 3.05) is 34.4 Å². The van der Waals surface area contributed by atoms with Crippen LogP contribution < -0.4 is 14.8 Å². The average molecular weight is 385 g/mol. The number of carbonyl (C=O) groups excluding carboxylic acids is 1. The third kappa shape index (κ3) is 6.27. The molecule has 0 aliphatic rings. The van der Waals surface area contributed by atoms with Gasteiger partial charge in [-0.2, -0.15) is 0 Å². The number of amides is 1. The van der Waals surface area contributed by atoms with E-state index in [0.29, 0.717) is 12.3 Å². The Hall–Kier alpha value is -2.53. The fourth-order valence-electron chi connectivity index (χ4n) is 2.89. The van der Waals surface area contributed by atoms with E-state index in [0.717, 1.165) is 5.75 Å². The summed E-state index contributed by atoms with van der Waals surface area (Å²) < 4.78 is 10.6. The van der Waals surface area contributed by atoms with Crippen LogP contribution in [0.1, 0.15) is 37.9 Å². The predicted octanol–water partition coefficient (Wildman–Crippen LogP) is 3.79. The Balaban J connectivity index is 1.90. The van der Waals surface area contributed by atoms with E-state index in [1.165, 1.54) is 11.1 Å². The van der Waals surface area contributed by atoms with Crippen LogP contribution in [0.15, 0.2) is 48.5 Å². The summed E-state index contributed by atoms with van der Waals surface area (Å²) in [6.07, 6.45) is 0. The first-order valence-electron chi connectivity index (χ1n) is 9.51. The summed E-state index contributed by atoms with van der Waals surface area (Å²) in [7, 11) is 5.64. The molecule has 2 aromatic rings. The normalized spacial score (nSPS) is 12.5. The lowest BCUT2D eigenvalue weighted by atomic mass is 9.86. The Morgan fingerprint density at radius 1 is 1.00 bits per heavy atom. The molecule has 0 aliphatic carbocycles. The van der Waals surface area contributed by atoms with E-state index in [1.807, 2.05) is 14.1 Å². The highest BCUT2D eigenvalue weighted by molar-refractivity contribution is 5.77. The molecule has 1 atom stereocenters. The van der Waals surface area contributed by atoms with Gasteiger partial charge in [0.2, 0.25) is 0 Å². The lowest BCUT2D eigenvalue weighted by Crippen LogP contribution is -2.36. The maximum absolute atomic E-state index is 12.2. The predicted molar refractivity (Wildman–Crippen MR) is 113 cm³/mol. The topological polar surface area (TPSA) is 50.8 Å². The highest BCUT2D eigenvalue weighted by Crippen LogP contribution is 2.25. The Bertz CT molecular complexity index is 747. The van der Waals surface area contributed by atoms with Crippen LogP contribution in [0.25, 0.3) is 0 Å². The van der Waals surface area contributed by atoms with Gasteiger partial charge in [0.05, 0.1) is 13.2 Å². The molecular weight excluding hydrogens is 352 g/mol. The smallest absolute Gasteiger partial charge is 0.258 e. The second-order valence-electron chi connectivity index (χ2n) is 8.12. The van der Waals surface area contributed by atoms with Gasteiger partial charge in [0, 0.05) is 6.54 Å². The van der Waals surface area contributed by atoms with Crippen molar-refractivity contribution < 1.29 is 14.3 Å². The molecule has 5 heteroatoms. The Labute approximate surface area is 168 Å². The van der Waals surface area contributed by atoms with Gasteiger partial charge in [-0.3, -0.25) is 4.79 Å². The van der Waals surface area contributed by atoms with Gasteiger partial charge < -0.3 is 19.7 Å². The maximum atomic E-state index is 12.2. The van der Waals surface area contributed by atoms with Crippen LogP contribution in [-0.4, -0.2) is 45.2 Å². The van der Waals surface area contributed by atoms with Crippen LogP contribution in [0, 0.1) is 0 Å². The van der Waals surface area contributed by atoms with E-state index in [1.54, 1.807) is 31.4 Å². The zero-order valence-corrected chi connectivity index (χ0v) is 17.8. The maximum Gasteiger partial charge on any atom is 0.258 e. The van der Waals surface area contributed by atoms with Crippen molar-refractivity contribution in [3.63, 3.8) is 0 Å². The van der Waals surface area contributed by atoms with Crippen LogP contribution in [0.4, 0.5) is 0 Å². The molecule has 1 N–H and O–H groups in total. The molecule has 1 amide bonds. The molecule has 0 heterocycles. The fourth-order valence-corrected chi connectivity index (χ4v) is 2.89. The summed E-state index contributed by atoms with van der Waals surface area (Å²) >= 11 is 0.